The first kappa shape index (κ1) is 25.8. The minimum atomic E-state index is -1.44. The molecule has 7 atom stereocenters. The number of fused-ring (bicyclic) bond motifs is 5. The fourth-order valence-corrected chi connectivity index (χ4v) is 8.17. The van der Waals surface area contributed by atoms with E-state index >= 15 is 0 Å². The van der Waals surface area contributed by atoms with E-state index < -0.39 is 46.9 Å². The predicted octanol–water partition coefficient (Wildman–Crippen LogP) is 3.87. The number of aliphatic hydroxyl groups is 1. The van der Waals surface area contributed by atoms with Crippen LogP contribution in [-0.2, 0) is 28.7 Å². The number of ketones is 2. The van der Waals surface area contributed by atoms with Crippen LogP contribution in [-0.4, -0.2) is 46.9 Å². The number of rotatable bonds is 6. The SMILES string of the molecule is CCCC1=C[C@@]2(C)C(=CC1=O)CC[C@@H]1[C@@H]2[C@@H](O)C[C@@]2(C)[C@H]1CC[C@]2(OC(C)=O)C(=O)COC(C)=O. The Morgan fingerprint density at radius 1 is 1.14 bits per heavy atom. The van der Waals surface area contributed by atoms with Gasteiger partial charge in [0, 0.05) is 30.6 Å². The molecule has 0 aromatic carbocycles. The molecule has 3 saturated carbocycles. The lowest BCUT2D eigenvalue weighted by molar-refractivity contribution is -0.199. The van der Waals surface area contributed by atoms with Gasteiger partial charge < -0.3 is 14.6 Å². The summed E-state index contributed by atoms with van der Waals surface area (Å²) in [5.41, 5.74) is -0.739. The van der Waals surface area contributed by atoms with Crippen molar-refractivity contribution in [2.24, 2.45) is 28.6 Å². The number of carbonyl (C=O) groups excluding carboxylic acids is 4. The van der Waals surface area contributed by atoms with Crippen molar-refractivity contribution in [1.29, 1.82) is 0 Å². The molecule has 192 valence electrons. The van der Waals surface area contributed by atoms with E-state index in [-0.39, 0.29) is 23.5 Å². The maximum absolute atomic E-state index is 13.5. The van der Waals surface area contributed by atoms with Crippen LogP contribution in [0, 0.1) is 28.6 Å². The van der Waals surface area contributed by atoms with Gasteiger partial charge in [0.2, 0.25) is 5.78 Å². The third kappa shape index (κ3) is 3.90. The lowest BCUT2D eigenvalue weighted by atomic mass is 9.46. The van der Waals surface area contributed by atoms with Crippen LogP contribution >= 0.6 is 0 Å². The molecule has 4 aliphatic carbocycles. The van der Waals surface area contributed by atoms with E-state index in [0.29, 0.717) is 25.7 Å². The van der Waals surface area contributed by atoms with E-state index in [9.17, 15) is 24.3 Å². The molecule has 0 unspecified atom stereocenters. The maximum Gasteiger partial charge on any atom is 0.303 e. The standard InChI is InChI=1S/C28H38O7/c1-6-7-18-13-26(4)19(12-22(18)31)8-9-20-21-10-11-28(35-17(3)30,24(33)15-34-16(2)29)27(21,5)14-23(32)25(20)26/h12-13,20-21,23,25,32H,6-11,14-15H2,1-5H3/t20-,21-,23-,25+,26-,27-,28-/m0/s1. The first-order valence-electron chi connectivity index (χ1n) is 12.9. The Morgan fingerprint density at radius 2 is 1.86 bits per heavy atom. The van der Waals surface area contributed by atoms with Gasteiger partial charge in [-0.1, -0.05) is 38.8 Å². The molecule has 7 nitrogen and oxygen atoms in total. The first-order chi connectivity index (χ1) is 16.4. The van der Waals surface area contributed by atoms with Gasteiger partial charge in [0.25, 0.3) is 0 Å². The number of allylic oxidation sites excluding steroid dienone is 4. The van der Waals surface area contributed by atoms with Gasteiger partial charge in [-0.3, -0.25) is 19.2 Å². The molecule has 0 radical (unpaired) electrons. The van der Waals surface area contributed by atoms with Crippen LogP contribution in [0.25, 0.3) is 0 Å². The number of carbonyl (C=O) groups is 4. The topological polar surface area (TPSA) is 107 Å². The van der Waals surface area contributed by atoms with Crippen LogP contribution in [0.5, 0.6) is 0 Å². The largest absolute Gasteiger partial charge is 0.458 e. The minimum absolute atomic E-state index is 0.0514. The lowest BCUT2D eigenvalue weighted by Gasteiger charge is -2.60. The van der Waals surface area contributed by atoms with Crippen molar-refractivity contribution in [2.45, 2.75) is 91.3 Å². The molecule has 0 bridgehead atoms. The Balaban J connectivity index is 1.73. The van der Waals surface area contributed by atoms with E-state index in [1.807, 2.05) is 6.92 Å². The molecule has 35 heavy (non-hydrogen) atoms. The van der Waals surface area contributed by atoms with Gasteiger partial charge in [0.1, 0.15) is 0 Å². The molecule has 0 aromatic heterocycles. The van der Waals surface area contributed by atoms with Crippen molar-refractivity contribution in [1.82, 2.24) is 0 Å². The highest BCUT2D eigenvalue weighted by molar-refractivity contribution is 6.05. The summed E-state index contributed by atoms with van der Waals surface area (Å²) in [6.07, 6.45) is 7.66. The van der Waals surface area contributed by atoms with Crippen LogP contribution < -0.4 is 0 Å². The van der Waals surface area contributed by atoms with E-state index in [0.717, 1.165) is 30.4 Å². The third-order valence-corrected chi connectivity index (χ3v) is 9.50. The Morgan fingerprint density at radius 3 is 2.49 bits per heavy atom. The van der Waals surface area contributed by atoms with E-state index in [1.165, 1.54) is 13.8 Å². The average Bonchev–Trinajstić information content (AvgIpc) is 3.04. The number of ether oxygens (including phenoxy) is 2. The second-order valence-corrected chi connectivity index (χ2v) is 11.4. The van der Waals surface area contributed by atoms with Crippen LogP contribution in [0.4, 0.5) is 0 Å². The lowest BCUT2D eigenvalue weighted by Crippen LogP contribution is -2.63. The fourth-order valence-electron chi connectivity index (χ4n) is 8.17. The summed E-state index contributed by atoms with van der Waals surface area (Å²) >= 11 is 0. The van der Waals surface area contributed by atoms with Gasteiger partial charge in [-0.05, 0) is 62.0 Å². The average molecular weight is 487 g/mol. The van der Waals surface area contributed by atoms with Gasteiger partial charge in [0.05, 0.1) is 6.10 Å². The molecule has 1 N–H and O–H groups in total. The van der Waals surface area contributed by atoms with Gasteiger partial charge in [-0.25, -0.2) is 0 Å². The summed E-state index contributed by atoms with van der Waals surface area (Å²) in [4.78, 5) is 49.8. The number of Topliss-reactive ketones (excluding diaryl/α,β-unsaturated/α-hetero) is 1. The second kappa shape index (κ2) is 8.99. The zero-order valence-electron chi connectivity index (χ0n) is 21.5. The molecule has 4 rings (SSSR count). The van der Waals surface area contributed by atoms with Crippen molar-refractivity contribution >= 4 is 23.5 Å². The summed E-state index contributed by atoms with van der Waals surface area (Å²) < 4.78 is 10.9. The smallest absolute Gasteiger partial charge is 0.303 e. The molecule has 0 aromatic rings. The van der Waals surface area contributed by atoms with Crippen LogP contribution in [0.3, 0.4) is 0 Å². The van der Waals surface area contributed by atoms with Crippen LogP contribution in [0.2, 0.25) is 0 Å². The molecule has 0 saturated heterocycles. The second-order valence-electron chi connectivity index (χ2n) is 11.4. The summed E-state index contributed by atoms with van der Waals surface area (Å²) in [5, 5.41) is 11.7. The van der Waals surface area contributed by atoms with E-state index in [1.54, 1.807) is 6.08 Å². The number of aliphatic hydroxyl groups excluding tert-OH is 1. The number of hydrogen-bond donors (Lipinski definition) is 1. The van der Waals surface area contributed by atoms with Gasteiger partial charge in [0.15, 0.2) is 18.0 Å². The number of hydrogen-bond acceptors (Lipinski definition) is 7. The van der Waals surface area contributed by atoms with Gasteiger partial charge in [-0.2, -0.15) is 0 Å². The zero-order valence-corrected chi connectivity index (χ0v) is 21.5. The Bertz CT molecular complexity index is 1010. The monoisotopic (exact) mass is 486 g/mol. The van der Waals surface area contributed by atoms with Gasteiger partial charge in [-0.15, -0.1) is 0 Å². The van der Waals surface area contributed by atoms with Crippen molar-refractivity contribution in [3.05, 3.63) is 23.3 Å². The highest BCUT2D eigenvalue weighted by Crippen LogP contribution is 2.68. The highest BCUT2D eigenvalue weighted by Gasteiger charge is 2.70. The van der Waals surface area contributed by atoms with Crippen molar-refractivity contribution in [3.8, 4) is 0 Å². The zero-order chi connectivity index (χ0) is 25.8. The maximum atomic E-state index is 13.5. The molecule has 0 spiro atoms. The predicted molar refractivity (Wildman–Crippen MR) is 128 cm³/mol. The fraction of sp³-hybridized carbons (Fsp3) is 0.714. The Hall–Kier alpha value is -2.28. The Labute approximate surface area is 207 Å². The van der Waals surface area contributed by atoms with Crippen molar-refractivity contribution in [3.63, 3.8) is 0 Å². The molecular formula is C28H38O7. The highest BCUT2D eigenvalue weighted by atomic mass is 16.6. The summed E-state index contributed by atoms with van der Waals surface area (Å²) in [6, 6.07) is 0. The summed E-state index contributed by atoms with van der Waals surface area (Å²) in [6.45, 7) is 8.23. The molecule has 0 amide bonds. The first-order valence-corrected chi connectivity index (χ1v) is 12.9. The minimum Gasteiger partial charge on any atom is -0.458 e. The molecule has 0 aliphatic heterocycles. The Kier molecular flexibility index (Phi) is 6.62. The molecule has 0 heterocycles. The number of esters is 2. The molecule has 7 heteroatoms. The van der Waals surface area contributed by atoms with E-state index in [4.69, 9.17) is 9.47 Å². The molecule has 4 aliphatic rings. The molecule has 3 fully saturated rings. The van der Waals surface area contributed by atoms with Crippen molar-refractivity contribution < 1.29 is 33.8 Å². The van der Waals surface area contributed by atoms with Crippen molar-refractivity contribution in [2.75, 3.05) is 6.61 Å². The van der Waals surface area contributed by atoms with Crippen LogP contribution in [0.15, 0.2) is 23.3 Å². The van der Waals surface area contributed by atoms with Crippen LogP contribution in [0.1, 0.15) is 79.6 Å². The quantitative estimate of drug-likeness (QED) is 0.568. The summed E-state index contributed by atoms with van der Waals surface area (Å²) in [7, 11) is 0. The summed E-state index contributed by atoms with van der Waals surface area (Å²) in [5.74, 6) is -1.39. The normalized spacial score (nSPS) is 40.0. The van der Waals surface area contributed by atoms with E-state index in [2.05, 4.69) is 19.9 Å². The molecular weight excluding hydrogens is 448 g/mol. The van der Waals surface area contributed by atoms with Gasteiger partial charge >= 0.3 is 11.9 Å². The third-order valence-electron chi connectivity index (χ3n) is 9.50.